The quantitative estimate of drug-likeness (QED) is 0.389. The van der Waals surface area contributed by atoms with E-state index in [1.165, 1.54) is 11.1 Å². The van der Waals surface area contributed by atoms with Gasteiger partial charge in [0, 0.05) is 41.2 Å². The van der Waals surface area contributed by atoms with Crippen molar-refractivity contribution in [3.05, 3.63) is 89.2 Å². The molecule has 3 aromatic heterocycles. The van der Waals surface area contributed by atoms with Gasteiger partial charge >= 0.3 is 0 Å². The molecule has 5 nitrogen and oxygen atoms in total. The Kier molecular flexibility index (Phi) is 3.99. The van der Waals surface area contributed by atoms with Crippen LogP contribution >= 0.6 is 0 Å². The topological polar surface area (TPSA) is 60.6 Å². The highest BCUT2D eigenvalue weighted by molar-refractivity contribution is 5.89. The smallest absolute Gasteiger partial charge is 0.0658 e. The molecule has 0 aliphatic carbocycles. The van der Waals surface area contributed by atoms with Gasteiger partial charge in [0.25, 0.3) is 0 Å². The van der Waals surface area contributed by atoms with Crippen molar-refractivity contribution >= 4 is 51.9 Å². The Bertz CT molecular complexity index is 1480. The second-order valence-electron chi connectivity index (χ2n) is 8.00. The first kappa shape index (κ1) is 17.7. The first-order valence-electron chi connectivity index (χ1n) is 10.4. The number of aromatic amines is 2. The molecule has 0 aromatic carbocycles. The summed E-state index contributed by atoms with van der Waals surface area (Å²) >= 11 is 0. The Balaban J connectivity index is 1.64. The van der Waals surface area contributed by atoms with Crippen molar-refractivity contribution < 1.29 is 0 Å². The molecule has 6 heterocycles. The number of H-pyrrole nitrogens is 2. The van der Waals surface area contributed by atoms with Crippen molar-refractivity contribution in [3.63, 3.8) is 0 Å². The van der Waals surface area contributed by atoms with Gasteiger partial charge in [0.1, 0.15) is 0 Å². The summed E-state index contributed by atoms with van der Waals surface area (Å²) in [5, 5.41) is 0. The molecule has 0 radical (unpaired) electrons. The van der Waals surface area contributed by atoms with Gasteiger partial charge < -0.3 is 14.9 Å². The van der Waals surface area contributed by atoms with Crippen molar-refractivity contribution in [2.75, 3.05) is 13.6 Å². The maximum atomic E-state index is 4.79. The van der Waals surface area contributed by atoms with Gasteiger partial charge in [-0.05, 0) is 84.6 Å². The first-order chi connectivity index (χ1) is 15.2. The van der Waals surface area contributed by atoms with Crippen LogP contribution < -0.4 is 0 Å². The molecule has 3 aliphatic rings. The molecule has 0 saturated carbocycles. The van der Waals surface area contributed by atoms with E-state index in [4.69, 9.17) is 9.97 Å². The van der Waals surface area contributed by atoms with Crippen LogP contribution in [0.4, 0.5) is 0 Å². The summed E-state index contributed by atoms with van der Waals surface area (Å²) in [6.45, 7) is 0.894. The lowest BCUT2D eigenvalue weighted by molar-refractivity contribution is 0.506. The van der Waals surface area contributed by atoms with Gasteiger partial charge in [0.05, 0.1) is 22.8 Å². The zero-order valence-corrected chi connectivity index (χ0v) is 17.1. The molecule has 3 aromatic rings. The minimum Gasteiger partial charge on any atom is -0.377 e. The van der Waals surface area contributed by atoms with Crippen molar-refractivity contribution in [3.8, 4) is 0 Å². The molecular formula is C26H21N5. The van der Waals surface area contributed by atoms with Crippen LogP contribution in [-0.4, -0.2) is 38.4 Å². The highest BCUT2D eigenvalue weighted by Gasteiger charge is 2.10. The number of hydrogen-bond acceptors (Lipinski definition) is 3. The molecular weight excluding hydrogens is 382 g/mol. The predicted molar refractivity (Wildman–Crippen MR) is 129 cm³/mol. The van der Waals surface area contributed by atoms with Gasteiger partial charge in [-0.25, -0.2) is 9.97 Å². The average molecular weight is 403 g/mol. The van der Waals surface area contributed by atoms with Crippen LogP contribution in [0, 0.1) is 0 Å². The summed E-state index contributed by atoms with van der Waals surface area (Å²) in [7, 11) is 2.08. The van der Waals surface area contributed by atoms with E-state index in [1.807, 2.05) is 18.2 Å². The molecule has 6 rings (SSSR count). The summed E-state index contributed by atoms with van der Waals surface area (Å²) in [5.41, 5.74) is 10.2. The maximum absolute atomic E-state index is 4.79. The number of nitrogens with zero attached hydrogens (tertiary/aromatic N) is 3. The number of fused-ring (bicyclic) bond motifs is 8. The van der Waals surface area contributed by atoms with Crippen molar-refractivity contribution in [2.45, 2.75) is 0 Å². The van der Waals surface area contributed by atoms with Crippen LogP contribution in [0.5, 0.6) is 0 Å². The minimum atomic E-state index is 0.894. The van der Waals surface area contributed by atoms with Crippen molar-refractivity contribution in [2.24, 2.45) is 0 Å². The van der Waals surface area contributed by atoms with Crippen LogP contribution in [0.25, 0.3) is 51.9 Å². The van der Waals surface area contributed by atoms with Crippen LogP contribution in [0.15, 0.2) is 60.8 Å². The van der Waals surface area contributed by atoms with Crippen LogP contribution in [0.3, 0.4) is 0 Å². The zero-order chi connectivity index (χ0) is 20.8. The third-order valence-electron chi connectivity index (χ3n) is 5.59. The highest BCUT2D eigenvalue weighted by atomic mass is 15.1. The molecule has 0 saturated heterocycles. The Morgan fingerprint density at radius 3 is 1.94 bits per heavy atom. The van der Waals surface area contributed by atoms with Gasteiger partial charge in [0.15, 0.2) is 0 Å². The first-order valence-corrected chi connectivity index (χ1v) is 10.4. The number of allylic oxidation sites excluding steroid dienone is 2. The van der Waals surface area contributed by atoms with E-state index in [0.717, 1.165) is 51.4 Å². The summed E-state index contributed by atoms with van der Waals surface area (Å²) < 4.78 is 0. The summed E-state index contributed by atoms with van der Waals surface area (Å²) in [4.78, 5) is 18.7. The number of aromatic nitrogens is 4. The van der Waals surface area contributed by atoms with Gasteiger partial charge in [-0.3, -0.25) is 0 Å². The monoisotopic (exact) mass is 403 g/mol. The molecule has 0 fully saturated rings. The SMILES string of the molecule is CN1C=CC(c2cc3cc4nc(cc5ccc(cc6nc(cc2[nH]3)C=C6)[nH]5)C=C4)=CC1. The van der Waals surface area contributed by atoms with Crippen LogP contribution in [-0.2, 0) is 0 Å². The Hall–Kier alpha value is -4.12. The Labute approximate surface area is 179 Å². The van der Waals surface area contributed by atoms with Crippen LogP contribution in [0.2, 0.25) is 0 Å². The van der Waals surface area contributed by atoms with Crippen molar-refractivity contribution in [1.82, 2.24) is 24.8 Å². The standard InChI is InChI=1S/C26H21N5/c1-31-10-8-17(9-11-31)25-15-24-14-22-5-4-20(28-22)12-18-2-3-19(27-18)13-21-6-7-23(29-21)16-26(25)30-24/h2-10,12-16,27,30H,11H2,1H3. The average Bonchev–Trinajstić information content (AvgIpc) is 3.54. The van der Waals surface area contributed by atoms with Gasteiger partial charge in [-0.1, -0.05) is 6.08 Å². The van der Waals surface area contributed by atoms with Gasteiger partial charge in [0.2, 0.25) is 0 Å². The van der Waals surface area contributed by atoms with Crippen molar-refractivity contribution in [1.29, 1.82) is 0 Å². The molecule has 0 unspecified atom stereocenters. The van der Waals surface area contributed by atoms with E-state index in [9.17, 15) is 0 Å². The second kappa shape index (κ2) is 6.99. The largest absolute Gasteiger partial charge is 0.377 e. The third-order valence-corrected chi connectivity index (χ3v) is 5.59. The normalized spacial score (nSPS) is 14.9. The summed E-state index contributed by atoms with van der Waals surface area (Å²) in [6, 6.07) is 14.6. The fourth-order valence-electron chi connectivity index (χ4n) is 4.04. The number of hydrogen-bond donors (Lipinski definition) is 2. The molecule has 5 heteroatoms. The summed E-state index contributed by atoms with van der Waals surface area (Å²) in [6.07, 6.45) is 14.7. The van der Waals surface area contributed by atoms with Crippen LogP contribution in [0.1, 0.15) is 28.3 Å². The lowest BCUT2D eigenvalue weighted by Crippen LogP contribution is -2.13. The van der Waals surface area contributed by atoms with E-state index in [-0.39, 0.29) is 0 Å². The molecule has 150 valence electrons. The number of rotatable bonds is 1. The Morgan fingerprint density at radius 1 is 0.710 bits per heavy atom. The fourth-order valence-corrected chi connectivity index (χ4v) is 4.04. The second-order valence-corrected chi connectivity index (χ2v) is 8.00. The van der Waals surface area contributed by atoms with Gasteiger partial charge in [-0.15, -0.1) is 0 Å². The molecule has 2 N–H and O–H groups in total. The Morgan fingerprint density at radius 2 is 1.32 bits per heavy atom. The van der Waals surface area contributed by atoms with Gasteiger partial charge in [-0.2, -0.15) is 0 Å². The molecule has 0 atom stereocenters. The van der Waals surface area contributed by atoms with E-state index < -0.39 is 0 Å². The lowest BCUT2D eigenvalue weighted by Gasteiger charge is -2.16. The number of likely N-dealkylation sites (N-methyl/N-ethyl adjacent to an activating group) is 1. The highest BCUT2D eigenvalue weighted by Crippen LogP contribution is 2.27. The minimum absolute atomic E-state index is 0.894. The molecule has 0 spiro atoms. The molecule has 0 amide bonds. The van der Waals surface area contributed by atoms with E-state index in [0.29, 0.717) is 0 Å². The fraction of sp³-hybridized carbons (Fsp3) is 0.0769. The van der Waals surface area contributed by atoms with E-state index >= 15 is 0 Å². The lowest BCUT2D eigenvalue weighted by atomic mass is 10.0. The third kappa shape index (κ3) is 3.51. The molecule has 3 aliphatic heterocycles. The predicted octanol–water partition coefficient (Wildman–Crippen LogP) is 5.50. The maximum Gasteiger partial charge on any atom is 0.0658 e. The molecule has 31 heavy (non-hydrogen) atoms. The van der Waals surface area contributed by atoms with E-state index in [2.05, 4.69) is 88.8 Å². The number of nitrogens with one attached hydrogen (secondary N) is 2. The van der Waals surface area contributed by atoms with E-state index in [1.54, 1.807) is 0 Å². The zero-order valence-electron chi connectivity index (χ0n) is 17.1. The molecule has 8 bridgehead atoms. The summed E-state index contributed by atoms with van der Waals surface area (Å²) in [5.74, 6) is 0.